The Bertz CT molecular complexity index is 1610. The van der Waals surface area contributed by atoms with E-state index in [0.717, 1.165) is 21.5 Å². The molecule has 0 aliphatic rings. The van der Waals surface area contributed by atoms with Gasteiger partial charge in [0, 0.05) is 6.54 Å². The van der Waals surface area contributed by atoms with Crippen molar-refractivity contribution in [2.24, 2.45) is 0 Å². The highest BCUT2D eigenvalue weighted by Gasteiger charge is 2.35. The second-order valence-electron chi connectivity index (χ2n) is 11.6. The summed E-state index contributed by atoms with van der Waals surface area (Å²) < 4.78 is 5.35. The standard InChI is InChI=1S/C37H38N3O4P/c1-28(39-36(43)44-37(2,3)4)35(42)40(26-29-17-9-5-10-18-29)27-33(41)34(25-38)45(30-19-11-6-12-20-30,31-21-13-7-14-22-31)32-23-15-8-16-24-32/h5-24,28H,26-27H2,1-4H3,(H,39,43)/t28-/m0/s1. The van der Waals surface area contributed by atoms with Crippen LogP contribution < -0.4 is 21.2 Å². The van der Waals surface area contributed by atoms with Crippen LogP contribution in [0, 0.1) is 11.3 Å². The molecule has 0 aromatic heterocycles. The summed E-state index contributed by atoms with van der Waals surface area (Å²) in [6, 6.07) is 39.5. The first kappa shape index (κ1) is 33.0. The van der Waals surface area contributed by atoms with Crippen LogP contribution in [0.3, 0.4) is 0 Å². The number of hydrogen-bond acceptors (Lipinski definition) is 5. The van der Waals surface area contributed by atoms with E-state index < -0.39 is 36.3 Å². The number of amides is 2. The molecule has 1 atom stereocenters. The minimum Gasteiger partial charge on any atom is -0.444 e. The van der Waals surface area contributed by atoms with Crippen LogP contribution in [0.15, 0.2) is 121 Å². The van der Waals surface area contributed by atoms with Gasteiger partial charge in [0.05, 0.1) is 6.54 Å². The molecule has 4 aromatic rings. The van der Waals surface area contributed by atoms with Gasteiger partial charge in [-0.1, -0.05) is 121 Å². The average molecular weight is 620 g/mol. The minimum absolute atomic E-state index is 0.0877. The van der Waals surface area contributed by atoms with E-state index in [2.05, 4.69) is 11.4 Å². The molecule has 4 rings (SSSR count). The normalized spacial score (nSPS) is 11.9. The van der Waals surface area contributed by atoms with Crippen LogP contribution in [-0.2, 0) is 20.9 Å². The second-order valence-corrected chi connectivity index (χ2v) is 14.9. The summed E-state index contributed by atoms with van der Waals surface area (Å²) in [6.07, 6.45) is -0.735. The summed E-state index contributed by atoms with van der Waals surface area (Å²) in [5.41, 5.74) is 0.0552. The molecule has 0 saturated carbocycles. The van der Waals surface area contributed by atoms with Crippen LogP contribution in [-0.4, -0.2) is 46.2 Å². The molecule has 0 bridgehead atoms. The van der Waals surface area contributed by atoms with Crippen LogP contribution in [0.2, 0.25) is 0 Å². The van der Waals surface area contributed by atoms with Crippen LogP contribution >= 0.6 is 6.89 Å². The Morgan fingerprint density at radius 2 is 1.20 bits per heavy atom. The monoisotopic (exact) mass is 619 g/mol. The van der Waals surface area contributed by atoms with Gasteiger partial charge in [-0.25, -0.2) is 4.79 Å². The smallest absolute Gasteiger partial charge is 0.408 e. The van der Waals surface area contributed by atoms with Crippen molar-refractivity contribution in [1.82, 2.24) is 10.2 Å². The summed E-state index contributed by atoms with van der Waals surface area (Å²) in [7, 11) is 0. The van der Waals surface area contributed by atoms with Gasteiger partial charge in [0.1, 0.15) is 23.0 Å². The fraction of sp³-hybridized carbons (Fsp3) is 0.216. The number of ketones is 1. The predicted molar refractivity (Wildman–Crippen MR) is 181 cm³/mol. The van der Waals surface area contributed by atoms with E-state index in [-0.39, 0.29) is 18.4 Å². The lowest BCUT2D eigenvalue weighted by Gasteiger charge is -2.31. The third kappa shape index (κ3) is 7.98. The summed E-state index contributed by atoms with van der Waals surface area (Å²) in [4.78, 5) is 42.3. The van der Waals surface area contributed by atoms with E-state index in [4.69, 9.17) is 4.74 Å². The molecule has 0 aliphatic heterocycles. The Morgan fingerprint density at radius 3 is 1.60 bits per heavy atom. The molecule has 0 radical (unpaired) electrons. The zero-order valence-electron chi connectivity index (χ0n) is 26.0. The molecular weight excluding hydrogens is 581 g/mol. The lowest BCUT2D eigenvalue weighted by molar-refractivity contribution is -0.136. The molecule has 2 amide bonds. The van der Waals surface area contributed by atoms with Crippen LogP contribution in [0.4, 0.5) is 4.79 Å². The molecule has 0 heterocycles. The summed E-state index contributed by atoms with van der Waals surface area (Å²) >= 11 is 0. The highest BCUT2D eigenvalue weighted by molar-refractivity contribution is 7.97. The second kappa shape index (κ2) is 14.7. The molecule has 0 fully saturated rings. The van der Waals surface area contributed by atoms with Crippen molar-refractivity contribution in [2.45, 2.75) is 45.9 Å². The van der Waals surface area contributed by atoms with Gasteiger partial charge in [0.25, 0.3) is 0 Å². The summed E-state index contributed by atoms with van der Waals surface area (Å²) in [5, 5.41) is 16.1. The number of hydrogen-bond donors (Lipinski definition) is 1. The number of nitriles is 1. The Morgan fingerprint density at radius 1 is 0.778 bits per heavy atom. The molecule has 45 heavy (non-hydrogen) atoms. The van der Waals surface area contributed by atoms with Crippen molar-refractivity contribution in [3.8, 4) is 6.07 Å². The van der Waals surface area contributed by atoms with Crippen molar-refractivity contribution in [1.29, 1.82) is 5.26 Å². The zero-order chi connectivity index (χ0) is 32.5. The van der Waals surface area contributed by atoms with Crippen molar-refractivity contribution >= 4 is 45.9 Å². The fourth-order valence-electron chi connectivity index (χ4n) is 5.20. The quantitative estimate of drug-likeness (QED) is 0.247. The maximum absolute atomic E-state index is 14.5. The molecule has 4 aromatic carbocycles. The first-order valence-electron chi connectivity index (χ1n) is 14.7. The molecule has 0 spiro atoms. The van der Waals surface area contributed by atoms with Gasteiger partial charge in [-0.15, -0.1) is 0 Å². The summed E-state index contributed by atoms with van der Waals surface area (Å²) in [6.45, 7) is 3.54. The molecular formula is C37H38N3O4P. The van der Waals surface area contributed by atoms with Gasteiger partial charge in [0.15, 0.2) is 5.78 Å². The Hall–Kier alpha value is -4.92. The van der Waals surface area contributed by atoms with Crippen LogP contribution in [0.25, 0.3) is 0 Å². The predicted octanol–water partition coefficient (Wildman–Crippen LogP) is 5.19. The lowest BCUT2D eigenvalue weighted by atomic mass is 10.1. The number of alkyl carbamates (subject to hydrolysis) is 1. The number of nitrogens with zero attached hydrogens (tertiary/aromatic N) is 2. The minimum atomic E-state index is -2.98. The van der Waals surface area contributed by atoms with Gasteiger partial charge in [-0.05, 0) is 56.1 Å². The van der Waals surface area contributed by atoms with Crippen LogP contribution in [0.5, 0.6) is 0 Å². The number of rotatable bonds is 10. The Balaban J connectivity index is 1.86. The van der Waals surface area contributed by atoms with Gasteiger partial charge in [-0.2, -0.15) is 5.26 Å². The van der Waals surface area contributed by atoms with E-state index in [1.165, 1.54) is 4.90 Å². The van der Waals surface area contributed by atoms with E-state index in [1.54, 1.807) is 27.7 Å². The average Bonchev–Trinajstić information content (AvgIpc) is 3.03. The number of carbonyl (C=O) groups excluding carboxylic acids is 3. The van der Waals surface area contributed by atoms with Crippen molar-refractivity contribution < 1.29 is 19.1 Å². The molecule has 0 aliphatic carbocycles. The first-order valence-corrected chi connectivity index (χ1v) is 16.5. The van der Waals surface area contributed by atoms with E-state index in [0.29, 0.717) is 0 Å². The third-order valence-corrected chi connectivity index (χ3v) is 11.3. The number of benzene rings is 4. The largest absolute Gasteiger partial charge is 0.444 e. The van der Waals surface area contributed by atoms with Gasteiger partial charge in [-0.3, -0.25) is 9.59 Å². The number of nitrogens with one attached hydrogen (secondary N) is 1. The Labute approximate surface area is 265 Å². The van der Waals surface area contributed by atoms with Crippen molar-refractivity contribution in [3.63, 3.8) is 0 Å². The molecule has 1 N–H and O–H groups in total. The molecule has 7 nitrogen and oxygen atoms in total. The van der Waals surface area contributed by atoms with Crippen LogP contribution in [0.1, 0.15) is 33.3 Å². The number of Topliss-reactive ketones (excluding diaryl/α,β-unsaturated/α-hetero) is 1. The van der Waals surface area contributed by atoms with E-state index in [1.807, 2.05) is 121 Å². The number of carbonyl (C=O) groups is 3. The van der Waals surface area contributed by atoms with E-state index in [9.17, 15) is 19.6 Å². The van der Waals surface area contributed by atoms with Gasteiger partial charge < -0.3 is 15.0 Å². The highest BCUT2D eigenvalue weighted by atomic mass is 31.2. The van der Waals surface area contributed by atoms with Gasteiger partial charge >= 0.3 is 6.09 Å². The van der Waals surface area contributed by atoms with Crippen molar-refractivity contribution in [3.05, 3.63) is 127 Å². The molecule has 230 valence electrons. The van der Waals surface area contributed by atoms with E-state index >= 15 is 0 Å². The highest BCUT2D eigenvalue weighted by Crippen LogP contribution is 2.46. The molecule has 0 saturated heterocycles. The fourth-order valence-corrected chi connectivity index (χ4v) is 9.32. The maximum atomic E-state index is 14.5. The number of ether oxygens (including phenoxy) is 1. The van der Waals surface area contributed by atoms with Gasteiger partial charge in [0.2, 0.25) is 5.91 Å². The lowest BCUT2D eigenvalue weighted by Crippen LogP contribution is -2.50. The maximum Gasteiger partial charge on any atom is 0.408 e. The SMILES string of the molecule is C[C@H](NC(=O)OC(C)(C)C)C(=O)N(CC(=O)C(C#N)=P(c1ccccc1)(c1ccccc1)c1ccccc1)Cc1ccccc1. The zero-order valence-corrected chi connectivity index (χ0v) is 26.9. The Kier molecular flexibility index (Phi) is 10.8. The third-order valence-electron chi connectivity index (χ3n) is 7.10. The molecule has 0 unspecified atom stereocenters. The van der Waals surface area contributed by atoms with Crippen molar-refractivity contribution in [2.75, 3.05) is 6.54 Å². The first-order chi connectivity index (χ1) is 21.6. The summed E-state index contributed by atoms with van der Waals surface area (Å²) in [5.74, 6) is -0.936. The topological polar surface area (TPSA) is 99.5 Å². The molecule has 8 heteroatoms.